The normalized spacial score (nSPS) is 16.8. The van der Waals surface area contributed by atoms with E-state index in [-0.39, 0.29) is 11.3 Å². The van der Waals surface area contributed by atoms with Crippen LogP contribution in [0.5, 0.6) is 0 Å². The fourth-order valence-corrected chi connectivity index (χ4v) is 2.27. The lowest BCUT2D eigenvalue weighted by atomic mass is 9.93. The topological polar surface area (TPSA) is 96.7 Å². The van der Waals surface area contributed by atoms with Crippen molar-refractivity contribution >= 4 is 40.3 Å². The summed E-state index contributed by atoms with van der Waals surface area (Å²) in [7, 11) is 0. The number of rotatable bonds is 2. The number of nitrogens with zero attached hydrogens (tertiary/aromatic N) is 2. The molecule has 0 aliphatic carbocycles. The molecule has 1 aromatic heterocycles. The number of carboxylic acids is 1. The van der Waals surface area contributed by atoms with Gasteiger partial charge in [0.1, 0.15) is 0 Å². The number of carbonyl (C=O) groups is 3. The van der Waals surface area contributed by atoms with Crippen LogP contribution in [0.2, 0.25) is 0 Å². The predicted molar refractivity (Wildman–Crippen MR) is 75.4 cm³/mol. The molecule has 6 nitrogen and oxygen atoms in total. The van der Waals surface area contributed by atoms with Crippen molar-refractivity contribution in [1.82, 2.24) is 4.98 Å². The molecule has 1 N–H and O–H groups in total. The molecule has 3 rings (SSSR count). The molecule has 1 aliphatic rings. The molecule has 21 heavy (non-hydrogen) atoms. The quantitative estimate of drug-likeness (QED) is 0.671. The largest absolute Gasteiger partial charge is 0.480 e. The Morgan fingerprint density at radius 3 is 2.71 bits per heavy atom. The summed E-state index contributed by atoms with van der Waals surface area (Å²) in [5.74, 6) is -3.10. The molecule has 1 atom stereocenters. The number of aromatic nitrogens is 1. The monoisotopic (exact) mass is 282 g/mol. The lowest BCUT2D eigenvalue weighted by Gasteiger charge is -2.15. The molecular formula is C15H10N2O4. The Morgan fingerprint density at radius 2 is 2.05 bits per heavy atom. The molecule has 1 aliphatic heterocycles. The van der Waals surface area contributed by atoms with E-state index in [2.05, 4.69) is 9.98 Å². The number of aliphatic carboxylic acids is 1. The Balaban J connectivity index is 2.22. The minimum absolute atomic E-state index is 0.104. The van der Waals surface area contributed by atoms with Gasteiger partial charge in [-0.1, -0.05) is 6.07 Å². The predicted octanol–water partition coefficient (Wildman–Crippen LogP) is 2.04. The van der Waals surface area contributed by atoms with E-state index in [1.807, 2.05) is 0 Å². The van der Waals surface area contributed by atoms with E-state index in [1.165, 1.54) is 19.2 Å². The second-order valence-electron chi connectivity index (χ2n) is 4.77. The van der Waals surface area contributed by atoms with Crippen LogP contribution in [-0.2, 0) is 4.79 Å². The van der Waals surface area contributed by atoms with Gasteiger partial charge in [-0.2, -0.15) is 0 Å². The van der Waals surface area contributed by atoms with Gasteiger partial charge in [0, 0.05) is 28.9 Å². The zero-order valence-electron chi connectivity index (χ0n) is 11.0. The zero-order valence-corrected chi connectivity index (χ0v) is 11.0. The molecule has 0 bridgehead atoms. The van der Waals surface area contributed by atoms with Crippen LogP contribution >= 0.6 is 0 Å². The zero-order chi connectivity index (χ0) is 15.1. The van der Waals surface area contributed by atoms with E-state index in [4.69, 9.17) is 5.11 Å². The summed E-state index contributed by atoms with van der Waals surface area (Å²) in [5, 5.41) is 9.66. The van der Waals surface area contributed by atoms with Gasteiger partial charge < -0.3 is 5.11 Å². The fourth-order valence-electron chi connectivity index (χ4n) is 2.27. The van der Waals surface area contributed by atoms with Crippen molar-refractivity contribution in [2.75, 3.05) is 0 Å². The summed E-state index contributed by atoms with van der Waals surface area (Å²) in [6.07, 6.45) is 2.54. The minimum atomic E-state index is -1.26. The van der Waals surface area contributed by atoms with Gasteiger partial charge in [-0.15, -0.1) is 0 Å². The van der Waals surface area contributed by atoms with E-state index in [9.17, 15) is 14.4 Å². The Labute approximate surface area is 119 Å². The number of pyridine rings is 1. The first kappa shape index (κ1) is 13.1. The number of Topliss-reactive ketones (excluding diaryl/α,β-unsaturated/α-hetero) is 2. The second kappa shape index (κ2) is 4.59. The number of hydrogen-bond donors (Lipinski definition) is 1. The maximum atomic E-state index is 12.1. The highest BCUT2D eigenvalue weighted by Crippen LogP contribution is 2.33. The third-order valence-electron chi connectivity index (χ3n) is 3.40. The van der Waals surface area contributed by atoms with E-state index in [0.29, 0.717) is 22.2 Å². The molecular weight excluding hydrogens is 272 g/mol. The van der Waals surface area contributed by atoms with Gasteiger partial charge in [0.25, 0.3) is 0 Å². The molecule has 2 aromatic rings. The number of aliphatic imine (C=N–C) groups is 1. The van der Waals surface area contributed by atoms with Gasteiger partial charge in [0.2, 0.25) is 0 Å². The van der Waals surface area contributed by atoms with Gasteiger partial charge in [0.05, 0.1) is 11.2 Å². The summed E-state index contributed by atoms with van der Waals surface area (Å²) < 4.78 is 0. The molecule has 0 radical (unpaired) electrons. The van der Waals surface area contributed by atoms with E-state index < -0.39 is 17.7 Å². The van der Waals surface area contributed by atoms with Crippen LogP contribution in [-0.4, -0.2) is 33.8 Å². The smallest absolute Gasteiger partial charge is 0.319 e. The molecule has 0 saturated carbocycles. The molecule has 104 valence electrons. The maximum absolute atomic E-state index is 12.1. The van der Waals surface area contributed by atoms with Crippen LogP contribution in [0, 0.1) is 5.92 Å². The van der Waals surface area contributed by atoms with Gasteiger partial charge in [0.15, 0.2) is 17.5 Å². The van der Waals surface area contributed by atoms with Crippen molar-refractivity contribution in [3.05, 3.63) is 35.5 Å². The van der Waals surface area contributed by atoms with Crippen LogP contribution in [0.1, 0.15) is 27.6 Å². The standard InChI is InChI=1S/C15H10N2O4/c1-7(18)9-4-8-2-3-10-13(12(8)16-5-9)17-6-11(14(10)19)15(20)21/h2-6,11H,1H3,(H,20,21). The molecule has 2 heterocycles. The number of benzene rings is 1. The molecule has 6 heteroatoms. The summed E-state index contributed by atoms with van der Waals surface area (Å²) in [6.45, 7) is 1.44. The second-order valence-corrected chi connectivity index (χ2v) is 4.77. The lowest BCUT2D eigenvalue weighted by molar-refractivity contribution is -0.137. The van der Waals surface area contributed by atoms with Crippen molar-refractivity contribution < 1.29 is 19.5 Å². The molecule has 0 spiro atoms. The number of fused-ring (bicyclic) bond motifs is 3. The van der Waals surface area contributed by atoms with Crippen molar-refractivity contribution in [2.24, 2.45) is 10.9 Å². The van der Waals surface area contributed by atoms with E-state index >= 15 is 0 Å². The minimum Gasteiger partial charge on any atom is -0.480 e. The highest BCUT2D eigenvalue weighted by atomic mass is 16.4. The summed E-state index contributed by atoms with van der Waals surface area (Å²) in [4.78, 5) is 42.7. The first-order valence-electron chi connectivity index (χ1n) is 6.24. The highest BCUT2D eigenvalue weighted by molar-refractivity contribution is 6.24. The van der Waals surface area contributed by atoms with Crippen molar-refractivity contribution in [2.45, 2.75) is 6.92 Å². The van der Waals surface area contributed by atoms with Crippen LogP contribution in [0.4, 0.5) is 5.69 Å². The SMILES string of the molecule is CC(=O)c1cnc2c3c(ccc2c1)C(=O)C(C(=O)O)C=N3. The van der Waals surface area contributed by atoms with Gasteiger partial charge in [-0.05, 0) is 19.1 Å². The molecule has 0 saturated heterocycles. The van der Waals surface area contributed by atoms with Gasteiger partial charge >= 0.3 is 5.97 Å². The maximum Gasteiger partial charge on any atom is 0.319 e. The van der Waals surface area contributed by atoms with Crippen molar-refractivity contribution in [3.63, 3.8) is 0 Å². The Kier molecular flexibility index (Phi) is 2.86. The molecule has 1 aromatic carbocycles. The number of carbonyl (C=O) groups excluding carboxylic acids is 2. The molecule has 0 fully saturated rings. The van der Waals surface area contributed by atoms with Gasteiger partial charge in [-0.3, -0.25) is 24.4 Å². The third-order valence-corrected chi connectivity index (χ3v) is 3.40. The lowest BCUT2D eigenvalue weighted by Crippen LogP contribution is -2.27. The fraction of sp³-hybridized carbons (Fsp3) is 0.133. The van der Waals surface area contributed by atoms with Crippen LogP contribution < -0.4 is 0 Å². The molecule has 1 unspecified atom stereocenters. The summed E-state index contributed by atoms with van der Waals surface area (Å²) in [5.41, 5.74) is 1.54. The summed E-state index contributed by atoms with van der Waals surface area (Å²) in [6, 6.07) is 4.84. The Morgan fingerprint density at radius 1 is 1.29 bits per heavy atom. The van der Waals surface area contributed by atoms with Crippen LogP contribution in [0.15, 0.2) is 29.4 Å². The molecule has 0 amide bonds. The first-order valence-corrected chi connectivity index (χ1v) is 6.24. The average Bonchev–Trinajstić information content (AvgIpc) is 2.46. The van der Waals surface area contributed by atoms with Crippen LogP contribution in [0.3, 0.4) is 0 Å². The summed E-state index contributed by atoms with van der Waals surface area (Å²) >= 11 is 0. The van der Waals surface area contributed by atoms with Gasteiger partial charge in [-0.25, -0.2) is 0 Å². The van der Waals surface area contributed by atoms with Crippen LogP contribution in [0.25, 0.3) is 10.9 Å². The third kappa shape index (κ3) is 2.01. The van der Waals surface area contributed by atoms with E-state index in [0.717, 1.165) is 6.21 Å². The average molecular weight is 282 g/mol. The highest BCUT2D eigenvalue weighted by Gasteiger charge is 2.31. The van der Waals surface area contributed by atoms with E-state index in [1.54, 1.807) is 12.1 Å². The number of carboxylic acid groups (broad SMARTS) is 1. The number of hydrogen-bond acceptors (Lipinski definition) is 5. The van der Waals surface area contributed by atoms with Crippen molar-refractivity contribution in [1.29, 1.82) is 0 Å². The Bertz CT molecular complexity index is 839. The Hall–Kier alpha value is -2.89. The number of ketones is 2. The van der Waals surface area contributed by atoms with Crippen molar-refractivity contribution in [3.8, 4) is 0 Å². The first-order chi connectivity index (χ1) is 9.99.